The third-order valence-electron chi connectivity index (χ3n) is 3.34. The second kappa shape index (κ2) is 7.78. The van der Waals surface area contributed by atoms with E-state index in [-0.39, 0.29) is 17.2 Å². The van der Waals surface area contributed by atoms with Gasteiger partial charge in [0.25, 0.3) is 0 Å². The first-order valence-corrected chi connectivity index (χ1v) is 9.48. The monoisotopic (exact) mass is 369 g/mol. The number of thiophene rings is 1. The van der Waals surface area contributed by atoms with Crippen molar-refractivity contribution in [1.29, 1.82) is 0 Å². The van der Waals surface area contributed by atoms with E-state index < -0.39 is 10.0 Å². The molecule has 2 rings (SSSR count). The number of carbonyl (C=O) groups is 1. The van der Waals surface area contributed by atoms with Gasteiger partial charge in [-0.15, -0.1) is 11.3 Å². The lowest BCUT2D eigenvalue weighted by atomic mass is 10.3. The van der Waals surface area contributed by atoms with E-state index >= 15 is 0 Å². The number of ketones is 1. The van der Waals surface area contributed by atoms with Gasteiger partial charge in [0.15, 0.2) is 17.3 Å². The lowest BCUT2D eigenvalue weighted by Gasteiger charge is -2.10. The Morgan fingerprint density at radius 1 is 1.12 bits per heavy atom. The Balaban J connectivity index is 2.04. The molecule has 0 radical (unpaired) electrons. The SMILES string of the molecule is COc1ccc(S(=O)(=O)NCCc2ccc(C(C)=O)s2)cc1OC. The van der Waals surface area contributed by atoms with Crippen LogP contribution in [0.2, 0.25) is 0 Å². The Hall–Kier alpha value is -1.90. The summed E-state index contributed by atoms with van der Waals surface area (Å²) in [5.41, 5.74) is 0. The number of nitrogens with one attached hydrogen (secondary N) is 1. The molecule has 1 aromatic carbocycles. The molecule has 1 aromatic heterocycles. The van der Waals surface area contributed by atoms with Gasteiger partial charge in [-0.2, -0.15) is 0 Å². The molecule has 0 spiro atoms. The van der Waals surface area contributed by atoms with Crippen LogP contribution in [0.25, 0.3) is 0 Å². The number of hydrogen-bond donors (Lipinski definition) is 1. The highest BCUT2D eigenvalue weighted by molar-refractivity contribution is 7.89. The zero-order chi connectivity index (χ0) is 17.7. The smallest absolute Gasteiger partial charge is 0.240 e. The second-order valence-corrected chi connectivity index (χ2v) is 7.92. The normalized spacial score (nSPS) is 11.3. The van der Waals surface area contributed by atoms with Crippen molar-refractivity contribution < 1.29 is 22.7 Å². The molecule has 0 aliphatic rings. The molecule has 0 unspecified atom stereocenters. The lowest BCUT2D eigenvalue weighted by molar-refractivity contribution is 0.102. The van der Waals surface area contributed by atoms with Crippen LogP contribution in [-0.4, -0.2) is 35.0 Å². The molecule has 0 amide bonds. The molecule has 1 heterocycles. The highest BCUT2D eigenvalue weighted by Gasteiger charge is 2.16. The zero-order valence-electron chi connectivity index (χ0n) is 13.7. The fraction of sp³-hybridized carbons (Fsp3) is 0.312. The molecule has 2 aromatic rings. The van der Waals surface area contributed by atoms with Crippen molar-refractivity contribution in [1.82, 2.24) is 4.72 Å². The van der Waals surface area contributed by atoms with Crippen LogP contribution in [0.4, 0.5) is 0 Å². The second-order valence-electron chi connectivity index (χ2n) is 4.99. The maximum absolute atomic E-state index is 12.3. The van der Waals surface area contributed by atoms with Crippen LogP contribution in [-0.2, 0) is 16.4 Å². The van der Waals surface area contributed by atoms with Crippen LogP contribution < -0.4 is 14.2 Å². The molecule has 0 atom stereocenters. The van der Waals surface area contributed by atoms with Gasteiger partial charge in [-0.05, 0) is 37.6 Å². The Morgan fingerprint density at radius 3 is 2.42 bits per heavy atom. The molecule has 0 saturated heterocycles. The molecule has 130 valence electrons. The Kier molecular flexibility index (Phi) is 5.98. The number of Topliss-reactive ketones (excluding diaryl/α,β-unsaturated/α-hetero) is 1. The average Bonchev–Trinajstić information content (AvgIpc) is 3.03. The standard InChI is InChI=1S/C16H19NO5S2/c1-11(18)16-7-4-12(23-16)8-9-17-24(19,20)13-5-6-14(21-2)15(10-13)22-3/h4-7,10,17H,8-9H2,1-3H3. The van der Waals surface area contributed by atoms with E-state index in [1.165, 1.54) is 44.6 Å². The fourth-order valence-electron chi connectivity index (χ4n) is 2.08. The Labute approximate surface area is 145 Å². The predicted octanol–water partition coefficient (Wildman–Crippen LogP) is 2.49. The van der Waals surface area contributed by atoms with Gasteiger partial charge in [-0.1, -0.05) is 0 Å². The Bertz CT molecular complexity index is 827. The summed E-state index contributed by atoms with van der Waals surface area (Å²) in [6, 6.07) is 8.02. The van der Waals surface area contributed by atoms with Crippen molar-refractivity contribution in [2.75, 3.05) is 20.8 Å². The van der Waals surface area contributed by atoms with Gasteiger partial charge in [0.05, 0.1) is 24.0 Å². The first-order valence-electron chi connectivity index (χ1n) is 7.18. The molecular weight excluding hydrogens is 350 g/mol. The fourth-order valence-corrected chi connectivity index (χ4v) is 4.03. The lowest BCUT2D eigenvalue weighted by Crippen LogP contribution is -2.25. The summed E-state index contributed by atoms with van der Waals surface area (Å²) < 4.78 is 37.5. The van der Waals surface area contributed by atoms with Crippen LogP contribution in [0.1, 0.15) is 21.5 Å². The van der Waals surface area contributed by atoms with Gasteiger partial charge in [0.1, 0.15) is 0 Å². The highest BCUT2D eigenvalue weighted by Crippen LogP contribution is 2.29. The topological polar surface area (TPSA) is 81.7 Å². The third kappa shape index (κ3) is 4.34. The highest BCUT2D eigenvalue weighted by atomic mass is 32.2. The van der Waals surface area contributed by atoms with Crippen molar-refractivity contribution in [2.24, 2.45) is 0 Å². The average molecular weight is 369 g/mol. The van der Waals surface area contributed by atoms with Crippen molar-refractivity contribution in [3.05, 3.63) is 40.1 Å². The van der Waals surface area contributed by atoms with Crippen LogP contribution in [0.15, 0.2) is 35.2 Å². The first-order chi connectivity index (χ1) is 11.4. The number of methoxy groups -OCH3 is 2. The van der Waals surface area contributed by atoms with Gasteiger partial charge >= 0.3 is 0 Å². The molecule has 0 bridgehead atoms. The Morgan fingerprint density at radius 2 is 1.83 bits per heavy atom. The summed E-state index contributed by atoms with van der Waals surface area (Å²) >= 11 is 1.38. The van der Waals surface area contributed by atoms with E-state index in [0.29, 0.717) is 22.8 Å². The van der Waals surface area contributed by atoms with Gasteiger partial charge in [-0.25, -0.2) is 13.1 Å². The van der Waals surface area contributed by atoms with E-state index in [1.807, 2.05) is 6.07 Å². The number of sulfonamides is 1. The van der Waals surface area contributed by atoms with Crippen LogP contribution >= 0.6 is 11.3 Å². The van der Waals surface area contributed by atoms with E-state index in [4.69, 9.17) is 9.47 Å². The van der Waals surface area contributed by atoms with Crippen molar-refractivity contribution in [2.45, 2.75) is 18.2 Å². The number of ether oxygens (including phenoxy) is 2. The number of carbonyl (C=O) groups excluding carboxylic acids is 1. The minimum absolute atomic E-state index is 0.0113. The van der Waals surface area contributed by atoms with Crippen molar-refractivity contribution in [3.8, 4) is 11.5 Å². The van der Waals surface area contributed by atoms with Gasteiger partial charge in [0, 0.05) is 17.5 Å². The van der Waals surface area contributed by atoms with Gasteiger partial charge < -0.3 is 9.47 Å². The van der Waals surface area contributed by atoms with Crippen LogP contribution in [0, 0.1) is 0 Å². The van der Waals surface area contributed by atoms with E-state index in [2.05, 4.69) is 4.72 Å². The molecule has 0 aliphatic heterocycles. The van der Waals surface area contributed by atoms with E-state index in [1.54, 1.807) is 12.1 Å². The van der Waals surface area contributed by atoms with E-state index in [9.17, 15) is 13.2 Å². The summed E-state index contributed by atoms with van der Waals surface area (Å²) in [6.07, 6.45) is 0.518. The summed E-state index contributed by atoms with van der Waals surface area (Å²) in [4.78, 5) is 13.0. The zero-order valence-corrected chi connectivity index (χ0v) is 15.3. The van der Waals surface area contributed by atoms with Gasteiger partial charge in [0.2, 0.25) is 10.0 Å². The molecule has 0 aliphatic carbocycles. The summed E-state index contributed by atoms with van der Waals surface area (Å²) in [7, 11) is -0.709. The van der Waals surface area contributed by atoms with Crippen LogP contribution in [0.3, 0.4) is 0 Å². The molecule has 24 heavy (non-hydrogen) atoms. The number of benzene rings is 1. The minimum atomic E-state index is -3.65. The third-order valence-corrected chi connectivity index (χ3v) is 6.04. The maximum Gasteiger partial charge on any atom is 0.240 e. The molecule has 1 N–H and O–H groups in total. The summed E-state index contributed by atoms with van der Waals surface area (Å²) in [6.45, 7) is 1.75. The molecule has 0 saturated carbocycles. The van der Waals surface area contributed by atoms with Gasteiger partial charge in [-0.3, -0.25) is 4.79 Å². The summed E-state index contributed by atoms with van der Waals surface area (Å²) in [5, 5.41) is 0. The van der Waals surface area contributed by atoms with Crippen molar-refractivity contribution in [3.63, 3.8) is 0 Å². The molecule has 0 fully saturated rings. The molecule has 8 heteroatoms. The van der Waals surface area contributed by atoms with Crippen molar-refractivity contribution >= 4 is 27.1 Å². The maximum atomic E-state index is 12.3. The molecule has 6 nitrogen and oxygen atoms in total. The minimum Gasteiger partial charge on any atom is -0.493 e. The largest absolute Gasteiger partial charge is 0.493 e. The predicted molar refractivity (Wildman–Crippen MR) is 92.8 cm³/mol. The first kappa shape index (κ1) is 18.4. The molecular formula is C16H19NO5S2. The summed E-state index contributed by atoms with van der Waals surface area (Å²) in [5.74, 6) is 0.827. The quantitative estimate of drug-likeness (QED) is 0.723. The van der Waals surface area contributed by atoms with E-state index in [0.717, 1.165) is 4.88 Å². The number of rotatable bonds is 8. The number of hydrogen-bond acceptors (Lipinski definition) is 6. The van der Waals surface area contributed by atoms with Crippen LogP contribution in [0.5, 0.6) is 11.5 Å².